The van der Waals surface area contributed by atoms with Crippen molar-refractivity contribution in [1.82, 2.24) is 10.0 Å². The molecule has 122 valence electrons. The Morgan fingerprint density at radius 2 is 1.78 bits per heavy atom. The Labute approximate surface area is 136 Å². The van der Waals surface area contributed by atoms with Crippen molar-refractivity contribution >= 4 is 11.8 Å². The summed E-state index contributed by atoms with van der Waals surface area (Å²) in [5.41, 5.74) is 0.541. The number of carbonyl (C=O) groups excluding carboxylic acids is 2. The Kier molecular flexibility index (Phi) is 4.11. The molecule has 0 spiro atoms. The molecule has 1 aromatic rings. The minimum atomic E-state index is -0.467. The van der Waals surface area contributed by atoms with Crippen LogP contribution in [0.1, 0.15) is 31.7 Å². The van der Waals surface area contributed by atoms with E-state index in [2.05, 4.69) is 0 Å². The highest BCUT2D eigenvalue weighted by Gasteiger charge is 2.54. The Hall–Kier alpha value is -2.30. The number of hydrogen-bond donors (Lipinski definition) is 0. The Morgan fingerprint density at radius 3 is 2.35 bits per heavy atom. The molecule has 1 saturated heterocycles. The maximum absolute atomic E-state index is 13.1. The van der Waals surface area contributed by atoms with E-state index < -0.39 is 5.41 Å². The van der Waals surface area contributed by atoms with Gasteiger partial charge in [0.25, 0.3) is 11.8 Å². The van der Waals surface area contributed by atoms with E-state index in [9.17, 15) is 9.59 Å². The van der Waals surface area contributed by atoms with Crippen molar-refractivity contribution in [3.63, 3.8) is 0 Å². The number of hydrogen-bond acceptors (Lipinski definition) is 3. The lowest BCUT2D eigenvalue weighted by Crippen LogP contribution is -2.48. The lowest BCUT2D eigenvalue weighted by molar-refractivity contribution is -0.156. The summed E-state index contributed by atoms with van der Waals surface area (Å²) in [6, 6.07) is 7.68. The predicted molar refractivity (Wildman–Crippen MR) is 86.8 cm³/mol. The number of allylic oxidation sites excluding steroid dienone is 1. The third-order valence-corrected chi connectivity index (χ3v) is 4.63. The van der Waals surface area contributed by atoms with Crippen LogP contribution in [0.2, 0.25) is 0 Å². The van der Waals surface area contributed by atoms with Gasteiger partial charge in [-0.15, -0.1) is 0 Å². The molecule has 2 fully saturated rings. The summed E-state index contributed by atoms with van der Waals surface area (Å²) in [5, 5.41) is 3.21. The second-order valence-electron chi connectivity index (χ2n) is 6.05. The van der Waals surface area contributed by atoms with Crippen LogP contribution in [-0.2, 0) is 15.0 Å². The molecule has 0 aromatic heterocycles. The molecule has 5 heteroatoms. The summed E-state index contributed by atoms with van der Waals surface area (Å²) in [6.45, 7) is 3.02. The molecule has 0 atom stereocenters. The van der Waals surface area contributed by atoms with Crippen LogP contribution in [0.15, 0.2) is 36.4 Å². The first-order valence-corrected chi connectivity index (χ1v) is 8.03. The topological polar surface area (TPSA) is 49.9 Å². The first-order chi connectivity index (χ1) is 11.1. The molecular weight excluding hydrogens is 292 g/mol. The fraction of sp³-hybridized carbons (Fsp3) is 0.444. The Balaban J connectivity index is 1.82. The largest absolute Gasteiger partial charge is 0.497 e. The maximum atomic E-state index is 13.1. The molecule has 1 heterocycles. The van der Waals surface area contributed by atoms with E-state index in [1.54, 1.807) is 30.1 Å². The second kappa shape index (κ2) is 6.07. The molecule has 2 aliphatic rings. The highest BCUT2D eigenvalue weighted by atomic mass is 16.5. The van der Waals surface area contributed by atoms with Crippen LogP contribution in [-0.4, -0.2) is 42.0 Å². The minimum absolute atomic E-state index is 0.0398. The van der Waals surface area contributed by atoms with Gasteiger partial charge in [0.15, 0.2) is 0 Å². The normalized spacial score (nSPS) is 19.2. The number of hydrazine groups is 1. The third-order valence-electron chi connectivity index (χ3n) is 4.63. The van der Waals surface area contributed by atoms with E-state index in [1.165, 1.54) is 6.08 Å². The SMILES string of the molecule is C/C=C/C(=O)N1CCCN1C(=O)C1(c2ccc(OC)cc2)CC1. The molecular formula is C18H22N2O3. The number of carbonyl (C=O) groups is 2. The first kappa shape index (κ1) is 15.6. The maximum Gasteiger partial charge on any atom is 0.264 e. The fourth-order valence-electron chi connectivity index (χ4n) is 3.19. The van der Waals surface area contributed by atoms with Gasteiger partial charge in [0.05, 0.1) is 12.5 Å². The van der Waals surface area contributed by atoms with Crippen molar-refractivity contribution in [3.05, 3.63) is 42.0 Å². The van der Waals surface area contributed by atoms with Crippen molar-refractivity contribution in [1.29, 1.82) is 0 Å². The minimum Gasteiger partial charge on any atom is -0.497 e. The second-order valence-corrected chi connectivity index (χ2v) is 6.05. The Bertz CT molecular complexity index is 632. The van der Waals surface area contributed by atoms with Crippen LogP contribution in [0.25, 0.3) is 0 Å². The molecule has 1 aliphatic heterocycles. The molecule has 0 bridgehead atoms. The summed E-state index contributed by atoms with van der Waals surface area (Å²) in [5.74, 6) is 0.699. The Morgan fingerprint density at radius 1 is 1.13 bits per heavy atom. The molecule has 0 radical (unpaired) electrons. The number of methoxy groups -OCH3 is 1. The van der Waals surface area contributed by atoms with Gasteiger partial charge in [-0.25, -0.2) is 5.01 Å². The zero-order chi connectivity index (χ0) is 16.4. The zero-order valence-electron chi connectivity index (χ0n) is 13.6. The summed E-state index contributed by atoms with van der Waals surface area (Å²) < 4.78 is 5.18. The lowest BCUT2D eigenvalue weighted by atomic mass is 9.94. The quantitative estimate of drug-likeness (QED) is 0.801. The molecule has 0 unspecified atom stereocenters. The van der Waals surface area contributed by atoms with Gasteiger partial charge < -0.3 is 4.74 Å². The molecule has 23 heavy (non-hydrogen) atoms. The average molecular weight is 314 g/mol. The van der Waals surface area contributed by atoms with Crippen molar-refractivity contribution in [2.24, 2.45) is 0 Å². The van der Waals surface area contributed by atoms with Crippen LogP contribution in [0, 0.1) is 0 Å². The average Bonchev–Trinajstić information content (AvgIpc) is 3.24. The van der Waals surface area contributed by atoms with E-state index in [-0.39, 0.29) is 11.8 Å². The van der Waals surface area contributed by atoms with Crippen molar-refractivity contribution in [2.45, 2.75) is 31.6 Å². The standard InChI is InChI=1S/C18H22N2O3/c1-3-5-16(21)19-12-4-13-20(19)17(22)18(10-11-18)14-6-8-15(23-2)9-7-14/h3,5-9H,4,10-13H2,1-2H3/b5-3+. The van der Waals surface area contributed by atoms with Crippen LogP contribution in [0.4, 0.5) is 0 Å². The van der Waals surface area contributed by atoms with Crippen LogP contribution >= 0.6 is 0 Å². The summed E-state index contributed by atoms with van der Waals surface area (Å²) in [6.07, 6.45) is 5.71. The van der Waals surface area contributed by atoms with Crippen LogP contribution in [0.3, 0.4) is 0 Å². The molecule has 5 nitrogen and oxygen atoms in total. The third kappa shape index (κ3) is 2.71. The molecule has 1 aliphatic carbocycles. The summed E-state index contributed by atoms with van der Waals surface area (Å²) >= 11 is 0. The number of rotatable bonds is 4. The number of nitrogens with zero attached hydrogens (tertiary/aromatic N) is 2. The van der Waals surface area contributed by atoms with Crippen molar-refractivity contribution < 1.29 is 14.3 Å². The monoisotopic (exact) mass is 314 g/mol. The molecule has 1 aromatic carbocycles. The van der Waals surface area contributed by atoms with Gasteiger partial charge in [-0.2, -0.15) is 0 Å². The van der Waals surface area contributed by atoms with Crippen molar-refractivity contribution in [3.8, 4) is 5.75 Å². The molecule has 1 saturated carbocycles. The van der Waals surface area contributed by atoms with Gasteiger partial charge in [-0.1, -0.05) is 18.2 Å². The van der Waals surface area contributed by atoms with E-state index in [1.807, 2.05) is 24.3 Å². The van der Waals surface area contributed by atoms with Gasteiger partial charge >= 0.3 is 0 Å². The number of amides is 2. The smallest absolute Gasteiger partial charge is 0.264 e. The molecule has 3 rings (SSSR count). The molecule has 0 N–H and O–H groups in total. The van der Waals surface area contributed by atoms with Gasteiger partial charge in [-0.05, 0) is 43.9 Å². The predicted octanol–water partition coefficient (Wildman–Crippen LogP) is 2.28. The van der Waals surface area contributed by atoms with E-state index >= 15 is 0 Å². The van der Waals surface area contributed by atoms with Crippen molar-refractivity contribution in [2.75, 3.05) is 20.2 Å². The van der Waals surface area contributed by atoms with Crippen LogP contribution < -0.4 is 4.74 Å². The number of ether oxygens (including phenoxy) is 1. The number of benzene rings is 1. The highest BCUT2D eigenvalue weighted by molar-refractivity contribution is 5.95. The van der Waals surface area contributed by atoms with E-state index in [0.29, 0.717) is 13.1 Å². The van der Waals surface area contributed by atoms with Crippen LogP contribution in [0.5, 0.6) is 5.75 Å². The summed E-state index contributed by atoms with van der Waals surface area (Å²) in [4.78, 5) is 25.2. The van der Waals surface area contributed by atoms with E-state index in [4.69, 9.17) is 4.74 Å². The first-order valence-electron chi connectivity index (χ1n) is 8.03. The molecule has 2 amide bonds. The van der Waals surface area contributed by atoms with E-state index in [0.717, 1.165) is 30.6 Å². The zero-order valence-corrected chi connectivity index (χ0v) is 13.6. The fourth-order valence-corrected chi connectivity index (χ4v) is 3.19. The highest BCUT2D eigenvalue weighted by Crippen LogP contribution is 2.50. The van der Waals surface area contributed by atoms with Gasteiger partial charge in [-0.3, -0.25) is 14.6 Å². The van der Waals surface area contributed by atoms with Gasteiger partial charge in [0.2, 0.25) is 0 Å². The van der Waals surface area contributed by atoms with Gasteiger partial charge in [0.1, 0.15) is 5.75 Å². The summed E-state index contributed by atoms with van der Waals surface area (Å²) in [7, 11) is 1.63. The lowest BCUT2D eigenvalue weighted by Gasteiger charge is -2.30. The van der Waals surface area contributed by atoms with Gasteiger partial charge in [0, 0.05) is 19.2 Å².